The molecule has 0 saturated heterocycles. The number of halogens is 2. The summed E-state index contributed by atoms with van der Waals surface area (Å²) in [6, 6.07) is 10.1. The van der Waals surface area contributed by atoms with E-state index in [2.05, 4.69) is 0 Å². The molecule has 0 bridgehead atoms. The van der Waals surface area contributed by atoms with E-state index in [0.29, 0.717) is 47.0 Å². The van der Waals surface area contributed by atoms with E-state index in [-0.39, 0.29) is 36.4 Å². The lowest BCUT2D eigenvalue weighted by molar-refractivity contribution is 0.0978. The summed E-state index contributed by atoms with van der Waals surface area (Å²) in [6.45, 7) is 2.55. The van der Waals surface area contributed by atoms with Gasteiger partial charge >= 0.3 is 0 Å². The molecule has 0 atom stereocenters. The number of hydrogen-bond acceptors (Lipinski definition) is 6. The van der Waals surface area contributed by atoms with Crippen molar-refractivity contribution in [3.8, 4) is 11.5 Å². The summed E-state index contributed by atoms with van der Waals surface area (Å²) >= 11 is 0. The van der Waals surface area contributed by atoms with Crippen LogP contribution in [0.1, 0.15) is 31.8 Å². The minimum Gasteiger partial charge on any atom is -0.492 e. The Kier molecular flexibility index (Phi) is 9.78. The predicted molar refractivity (Wildman–Crippen MR) is 122 cm³/mol. The van der Waals surface area contributed by atoms with Gasteiger partial charge in [0.15, 0.2) is 11.6 Å². The first-order chi connectivity index (χ1) is 13.4. The molecule has 0 aromatic heterocycles. The fourth-order valence-corrected chi connectivity index (χ4v) is 2.98. The molecule has 2 aromatic carbocycles. The van der Waals surface area contributed by atoms with Gasteiger partial charge in [0.05, 0.1) is 0 Å². The highest BCUT2D eigenvalue weighted by molar-refractivity contribution is 6.28. The van der Waals surface area contributed by atoms with Crippen molar-refractivity contribution in [1.82, 2.24) is 9.80 Å². The van der Waals surface area contributed by atoms with E-state index in [4.69, 9.17) is 9.47 Å². The zero-order valence-corrected chi connectivity index (χ0v) is 19.3. The standard InChI is InChI=1S/C22H26N2O4.2ClH/c1-23(2)9-11-27-15-5-7-17-19(13-15)22(26)20-14-16(28-12-10-24(3)4)6-8-18(20)21(17)25;;/h5-8,13-14H,9-12H2,1-4H3;2*1H. The van der Waals surface area contributed by atoms with E-state index in [1.54, 1.807) is 36.4 Å². The second kappa shape index (κ2) is 11.3. The third kappa shape index (κ3) is 5.95. The van der Waals surface area contributed by atoms with Crippen LogP contribution in [0.2, 0.25) is 0 Å². The quantitative estimate of drug-likeness (QED) is 0.520. The van der Waals surface area contributed by atoms with Crippen molar-refractivity contribution >= 4 is 36.4 Å². The highest BCUT2D eigenvalue weighted by atomic mass is 35.5. The molecule has 0 saturated carbocycles. The van der Waals surface area contributed by atoms with Crippen LogP contribution in [0.5, 0.6) is 11.5 Å². The minimum atomic E-state index is -0.180. The first-order valence-corrected chi connectivity index (χ1v) is 9.29. The molecular formula is C22H28Cl2N2O4. The smallest absolute Gasteiger partial charge is 0.194 e. The summed E-state index contributed by atoms with van der Waals surface area (Å²) in [6.07, 6.45) is 0. The first kappa shape index (κ1) is 25.9. The number of rotatable bonds is 8. The van der Waals surface area contributed by atoms with Gasteiger partial charge in [0.25, 0.3) is 0 Å². The summed E-state index contributed by atoms with van der Waals surface area (Å²) < 4.78 is 11.4. The SMILES string of the molecule is CN(C)CCOc1ccc2c(c1)C(=O)c1cc(OCCN(C)C)ccc1C2=O.Cl.Cl. The van der Waals surface area contributed by atoms with Gasteiger partial charge in [0.1, 0.15) is 24.7 Å². The van der Waals surface area contributed by atoms with Crippen LogP contribution in [-0.4, -0.2) is 75.9 Å². The minimum absolute atomic E-state index is 0. The second-order valence-electron chi connectivity index (χ2n) is 7.38. The third-order valence-electron chi connectivity index (χ3n) is 4.58. The highest BCUT2D eigenvalue weighted by Gasteiger charge is 2.30. The molecule has 30 heavy (non-hydrogen) atoms. The Morgan fingerprint density at radius 2 is 1.00 bits per heavy atom. The van der Waals surface area contributed by atoms with Gasteiger partial charge < -0.3 is 19.3 Å². The lowest BCUT2D eigenvalue weighted by Crippen LogP contribution is -2.22. The molecule has 1 aliphatic carbocycles. The number of ketones is 2. The topological polar surface area (TPSA) is 59.1 Å². The van der Waals surface area contributed by atoms with Gasteiger partial charge in [-0.1, -0.05) is 0 Å². The molecule has 0 amide bonds. The van der Waals surface area contributed by atoms with E-state index >= 15 is 0 Å². The summed E-state index contributed by atoms with van der Waals surface area (Å²) in [4.78, 5) is 29.9. The van der Waals surface area contributed by atoms with Crippen LogP contribution < -0.4 is 9.47 Å². The number of likely N-dealkylation sites (N-methyl/N-ethyl adjacent to an activating group) is 2. The maximum absolute atomic E-state index is 13.0. The third-order valence-corrected chi connectivity index (χ3v) is 4.58. The van der Waals surface area contributed by atoms with Crippen LogP contribution in [0.3, 0.4) is 0 Å². The van der Waals surface area contributed by atoms with Gasteiger partial charge in [-0.3, -0.25) is 9.59 Å². The fourth-order valence-electron chi connectivity index (χ4n) is 2.98. The number of ether oxygens (including phenoxy) is 2. The molecule has 164 valence electrons. The summed E-state index contributed by atoms with van der Waals surface area (Å²) in [7, 11) is 7.86. The van der Waals surface area contributed by atoms with Crippen LogP contribution >= 0.6 is 24.8 Å². The summed E-state index contributed by atoms with van der Waals surface area (Å²) in [5, 5.41) is 0. The van der Waals surface area contributed by atoms with Crippen molar-refractivity contribution < 1.29 is 19.1 Å². The average molecular weight is 455 g/mol. The monoisotopic (exact) mass is 454 g/mol. The van der Waals surface area contributed by atoms with Crippen LogP contribution in [-0.2, 0) is 0 Å². The molecule has 0 fully saturated rings. The van der Waals surface area contributed by atoms with Crippen LogP contribution in [0, 0.1) is 0 Å². The van der Waals surface area contributed by atoms with Crippen molar-refractivity contribution in [2.75, 3.05) is 54.5 Å². The Morgan fingerprint density at radius 1 is 0.633 bits per heavy atom. The van der Waals surface area contributed by atoms with E-state index in [1.807, 2.05) is 38.0 Å². The lowest BCUT2D eigenvalue weighted by Gasteiger charge is -2.20. The van der Waals surface area contributed by atoms with E-state index in [9.17, 15) is 9.59 Å². The van der Waals surface area contributed by atoms with Crippen LogP contribution in [0.15, 0.2) is 36.4 Å². The van der Waals surface area contributed by atoms with Gasteiger partial charge in [-0.25, -0.2) is 0 Å². The van der Waals surface area contributed by atoms with Gasteiger partial charge in [0, 0.05) is 35.3 Å². The Morgan fingerprint density at radius 3 is 1.37 bits per heavy atom. The number of fused-ring (bicyclic) bond motifs is 2. The van der Waals surface area contributed by atoms with Gasteiger partial charge in [0.2, 0.25) is 0 Å². The molecule has 0 heterocycles. The van der Waals surface area contributed by atoms with Crippen LogP contribution in [0.25, 0.3) is 0 Å². The molecule has 8 heteroatoms. The number of carbonyl (C=O) groups excluding carboxylic acids is 2. The summed E-state index contributed by atoms with van der Waals surface area (Å²) in [5.74, 6) is 0.845. The second-order valence-corrected chi connectivity index (χ2v) is 7.38. The molecular weight excluding hydrogens is 427 g/mol. The van der Waals surface area contributed by atoms with Crippen molar-refractivity contribution in [2.24, 2.45) is 0 Å². The largest absolute Gasteiger partial charge is 0.492 e. The number of benzene rings is 2. The molecule has 0 unspecified atom stereocenters. The Labute approximate surface area is 190 Å². The van der Waals surface area contributed by atoms with Crippen molar-refractivity contribution in [3.63, 3.8) is 0 Å². The normalized spacial score (nSPS) is 12.1. The van der Waals surface area contributed by atoms with Gasteiger partial charge in [-0.05, 0) is 64.6 Å². The Hall–Kier alpha value is -2.12. The van der Waals surface area contributed by atoms with Crippen molar-refractivity contribution in [2.45, 2.75) is 0 Å². The summed E-state index contributed by atoms with van der Waals surface area (Å²) in [5.41, 5.74) is 1.59. The number of carbonyl (C=O) groups is 2. The highest BCUT2D eigenvalue weighted by Crippen LogP contribution is 2.32. The molecule has 3 rings (SSSR count). The molecule has 0 aliphatic heterocycles. The molecule has 0 spiro atoms. The molecule has 0 radical (unpaired) electrons. The lowest BCUT2D eigenvalue weighted by atomic mass is 9.84. The average Bonchev–Trinajstić information content (AvgIpc) is 2.65. The molecule has 0 N–H and O–H groups in total. The predicted octanol–water partition coefficient (Wildman–Crippen LogP) is 3.19. The Balaban J connectivity index is 0.00000225. The van der Waals surface area contributed by atoms with Crippen LogP contribution in [0.4, 0.5) is 0 Å². The molecule has 6 nitrogen and oxygen atoms in total. The fraction of sp³-hybridized carbons (Fsp3) is 0.364. The molecule has 2 aromatic rings. The maximum atomic E-state index is 13.0. The van der Waals surface area contributed by atoms with Gasteiger partial charge in [-0.15, -0.1) is 24.8 Å². The van der Waals surface area contributed by atoms with Crippen molar-refractivity contribution in [1.29, 1.82) is 0 Å². The van der Waals surface area contributed by atoms with Gasteiger partial charge in [-0.2, -0.15) is 0 Å². The van der Waals surface area contributed by atoms with E-state index < -0.39 is 0 Å². The first-order valence-electron chi connectivity index (χ1n) is 9.29. The zero-order valence-electron chi connectivity index (χ0n) is 17.6. The molecule has 1 aliphatic rings. The van der Waals surface area contributed by atoms with Crippen molar-refractivity contribution in [3.05, 3.63) is 58.7 Å². The zero-order chi connectivity index (χ0) is 20.3. The Bertz CT molecular complexity index is 831. The number of nitrogens with zero attached hydrogens (tertiary/aromatic N) is 2. The number of hydrogen-bond donors (Lipinski definition) is 0. The maximum Gasteiger partial charge on any atom is 0.194 e. The van der Waals surface area contributed by atoms with E-state index in [1.165, 1.54) is 0 Å². The van der Waals surface area contributed by atoms with E-state index in [0.717, 1.165) is 13.1 Å².